The molecule has 0 radical (unpaired) electrons. The zero-order chi connectivity index (χ0) is 20.9. The van der Waals surface area contributed by atoms with E-state index in [1.807, 2.05) is 60.7 Å². The Hall–Kier alpha value is -2.55. The smallest absolute Gasteiger partial charge is 0.303 e. The van der Waals surface area contributed by atoms with E-state index in [0.29, 0.717) is 0 Å². The summed E-state index contributed by atoms with van der Waals surface area (Å²) in [6.45, 7) is 1.58. The van der Waals surface area contributed by atoms with E-state index in [0.717, 1.165) is 10.5 Å². The van der Waals surface area contributed by atoms with E-state index in [4.69, 9.17) is 18.9 Å². The van der Waals surface area contributed by atoms with E-state index >= 15 is 0 Å². The van der Waals surface area contributed by atoms with Gasteiger partial charge in [0.2, 0.25) is 0 Å². The van der Waals surface area contributed by atoms with Gasteiger partial charge in [0.15, 0.2) is 6.29 Å². The molecule has 2 aliphatic heterocycles. The fourth-order valence-electron chi connectivity index (χ4n) is 3.58. The first-order chi connectivity index (χ1) is 14.7. The Morgan fingerprint density at radius 1 is 1.13 bits per heavy atom. The Bertz CT molecular complexity index is 909. The highest BCUT2D eigenvalue weighted by molar-refractivity contribution is 7.99. The van der Waals surface area contributed by atoms with Crippen molar-refractivity contribution in [3.8, 4) is 0 Å². The van der Waals surface area contributed by atoms with Gasteiger partial charge in [0, 0.05) is 22.3 Å². The number of esters is 1. The molecule has 2 saturated heterocycles. The second-order valence-corrected chi connectivity index (χ2v) is 8.09. The molecule has 2 aromatic carbocycles. The number of carbonyl (C=O) groups is 1. The molecule has 0 aliphatic carbocycles. The highest BCUT2D eigenvalue weighted by Crippen LogP contribution is 2.41. The number of carbonyl (C=O) groups excluding carboxylic acids is 1. The molecule has 4 unspecified atom stereocenters. The van der Waals surface area contributed by atoms with Crippen LogP contribution in [0.1, 0.15) is 18.8 Å². The summed E-state index contributed by atoms with van der Waals surface area (Å²) in [5.74, 6) is -0.481. The molecule has 9 heteroatoms. The lowest BCUT2D eigenvalue weighted by Crippen LogP contribution is -2.61. The number of benzene rings is 2. The number of ether oxygens (including phenoxy) is 4. The topological polar surface area (TPSA) is 103 Å². The minimum atomic E-state index is -0.806. The monoisotopic (exact) mass is 427 g/mol. The van der Waals surface area contributed by atoms with Gasteiger partial charge in [-0.3, -0.25) is 4.79 Å². The molecule has 30 heavy (non-hydrogen) atoms. The third kappa shape index (κ3) is 4.61. The second kappa shape index (κ2) is 9.51. The summed E-state index contributed by atoms with van der Waals surface area (Å²) in [6, 6.07) is 18.4. The first-order valence-corrected chi connectivity index (χ1v) is 10.4. The SMILES string of the molecule is CC(=O)OC1[C@@H](N=[N+]=[N-])C2OC(c3ccccc3)OCC2O[C@H]1Sc1ccccc1. The molecule has 4 rings (SSSR count). The summed E-state index contributed by atoms with van der Waals surface area (Å²) in [6.07, 6.45) is -2.51. The Morgan fingerprint density at radius 2 is 1.83 bits per heavy atom. The number of nitrogens with zero attached hydrogens (tertiary/aromatic N) is 3. The van der Waals surface area contributed by atoms with Crippen molar-refractivity contribution in [2.75, 3.05) is 6.61 Å². The average Bonchev–Trinajstić information content (AvgIpc) is 2.77. The molecular weight excluding hydrogens is 406 g/mol. The lowest BCUT2D eigenvalue weighted by atomic mass is 9.96. The molecule has 2 heterocycles. The van der Waals surface area contributed by atoms with Crippen molar-refractivity contribution in [1.82, 2.24) is 0 Å². The molecule has 2 aliphatic rings. The molecule has 2 aromatic rings. The third-order valence-electron chi connectivity index (χ3n) is 4.86. The Balaban J connectivity index is 1.61. The van der Waals surface area contributed by atoms with Gasteiger partial charge in [0.05, 0.1) is 6.61 Å². The van der Waals surface area contributed by atoms with Crippen LogP contribution in [0.4, 0.5) is 0 Å². The predicted molar refractivity (Wildman–Crippen MR) is 109 cm³/mol. The van der Waals surface area contributed by atoms with E-state index in [9.17, 15) is 10.3 Å². The Morgan fingerprint density at radius 3 is 2.50 bits per heavy atom. The number of rotatable bonds is 5. The van der Waals surface area contributed by atoms with Gasteiger partial charge in [0.1, 0.15) is 29.8 Å². The average molecular weight is 427 g/mol. The van der Waals surface area contributed by atoms with Crippen LogP contribution in [-0.2, 0) is 23.7 Å². The molecule has 0 aromatic heterocycles. The Kier molecular flexibility index (Phi) is 6.56. The summed E-state index contributed by atoms with van der Waals surface area (Å²) < 4.78 is 23.8. The molecule has 0 N–H and O–H groups in total. The zero-order valence-electron chi connectivity index (χ0n) is 16.2. The molecule has 156 valence electrons. The highest BCUT2D eigenvalue weighted by Gasteiger charge is 2.51. The van der Waals surface area contributed by atoms with Crippen LogP contribution in [0.5, 0.6) is 0 Å². The number of azide groups is 1. The standard InChI is InChI=1S/C21H21N3O5S/c1-13(25)27-19-17(23-24-22)18-16(28-21(19)30-15-10-6-3-7-11-15)12-26-20(29-18)14-8-4-2-5-9-14/h2-11,16-21H,12H2,1H3/t16?,17-,18?,19?,20?,21-/m0/s1. The van der Waals surface area contributed by atoms with E-state index in [2.05, 4.69) is 10.0 Å². The van der Waals surface area contributed by atoms with Crippen molar-refractivity contribution in [1.29, 1.82) is 0 Å². The van der Waals surface area contributed by atoms with Crippen molar-refractivity contribution in [3.63, 3.8) is 0 Å². The first kappa shape index (κ1) is 20.7. The number of hydrogen-bond acceptors (Lipinski definition) is 7. The van der Waals surface area contributed by atoms with E-state index in [-0.39, 0.29) is 6.61 Å². The first-order valence-electron chi connectivity index (χ1n) is 9.56. The van der Waals surface area contributed by atoms with Gasteiger partial charge in [-0.25, -0.2) is 0 Å². The normalized spacial score (nSPS) is 30.6. The van der Waals surface area contributed by atoms with Crippen LogP contribution < -0.4 is 0 Å². The maximum absolute atomic E-state index is 11.8. The van der Waals surface area contributed by atoms with Crippen LogP contribution in [0, 0.1) is 0 Å². The summed E-state index contributed by atoms with van der Waals surface area (Å²) in [4.78, 5) is 15.8. The van der Waals surface area contributed by atoms with Crippen molar-refractivity contribution in [2.24, 2.45) is 5.11 Å². The van der Waals surface area contributed by atoms with Gasteiger partial charge >= 0.3 is 5.97 Å². The third-order valence-corrected chi connectivity index (χ3v) is 6.02. The molecule has 2 fully saturated rings. The maximum Gasteiger partial charge on any atom is 0.303 e. The van der Waals surface area contributed by atoms with Crippen LogP contribution in [0.15, 0.2) is 70.7 Å². The largest absolute Gasteiger partial charge is 0.458 e. The Labute approximate surface area is 178 Å². The summed E-state index contributed by atoms with van der Waals surface area (Å²) in [5, 5.41) is 3.95. The second-order valence-electron chi connectivity index (χ2n) is 6.92. The van der Waals surface area contributed by atoms with Crippen LogP contribution >= 0.6 is 11.8 Å². The van der Waals surface area contributed by atoms with Gasteiger partial charge in [-0.1, -0.05) is 65.4 Å². The van der Waals surface area contributed by atoms with Gasteiger partial charge < -0.3 is 18.9 Å². The molecule has 0 saturated carbocycles. The quantitative estimate of drug-likeness (QED) is 0.306. The number of fused-ring (bicyclic) bond motifs is 1. The van der Waals surface area contributed by atoms with Crippen molar-refractivity contribution >= 4 is 17.7 Å². The van der Waals surface area contributed by atoms with Crippen LogP contribution in [0.25, 0.3) is 10.4 Å². The summed E-state index contributed by atoms with van der Waals surface area (Å²) >= 11 is 1.40. The minimum Gasteiger partial charge on any atom is -0.458 e. The van der Waals surface area contributed by atoms with E-state index < -0.39 is 42.0 Å². The molecule has 0 amide bonds. The predicted octanol–water partition coefficient (Wildman–Crippen LogP) is 4.23. The van der Waals surface area contributed by atoms with Crippen molar-refractivity contribution in [3.05, 3.63) is 76.7 Å². The molecule has 6 atom stereocenters. The van der Waals surface area contributed by atoms with Gasteiger partial charge in [-0.05, 0) is 17.7 Å². The fourth-order valence-corrected chi connectivity index (χ4v) is 4.71. The minimum absolute atomic E-state index is 0.264. The lowest BCUT2D eigenvalue weighted by Gasteiger charge is -2.47. The van der Waals surface area contributed by atoms with Gasteiger partial charge in [-0.2, -0.15) is 0 Å². The molecule has 0 spiro atoms. The fraction of sp³-hybridized carbons (Fsp3) is 0.381. The summed E-state index contributed by atoms with van der Waals surface area (Å²) in [7, 11) is 0. The van der Waals surface area contributed by atoms with Crippen molar-refractivity contribution in [2.45, 2.75) is 47.9 Å². The maximum atomic E-state index is 11.8. The van der Waals surface area contributed by atoms with Crippen LogP contribution in [0.2, 0.25) is 0 Å². The summed E-state index contributed by atoms with van der Waals surface area (Å²) in [5.41, 5.74) is 9.48. The molecule has 0 bridgehead atoms. The van der Waals surface area contributed by atoms with Gasteiger partial charge in [-0.15, -0.1) is 0 Å². The van der Waals surface area contributed by atoms with Gasteiger partial charge in [0.25, 0.3) is 0 Å². The number of hydrogen-bond donors (Lipinski definition) is 0. The van der Waals surface area contributed by atoms with Crippen LogP contribution in [-0.4, -0.2) is 42.4 Å². The van der Waals surface area contributed by atoms with Crippen LogP contribution in [0.3, 0.4) is 0 Å². The van der Waals surface area contributed by atoms with E-state index in [1.54, 1.807) is 0 Å². The molecule has 8 nitrogen and oxygen atoms in total. The van der Waals surface area contributed by atoms with E-state index in [1.165, 1.54) is 18.7 Å². The van der Waals surface area contributed by atoms with Crippen molar-refractivity contribution < 1.29 is 23.7 Å². The lowest BCUT2D eigenvalue weighted by molar-refractivity contribution is -0.298. The highest BCUT2D eigenvalue weighted by atomic mass is 32.2. The molecular formula is C21H21N3O5S. The number of thioether (sulfide) groups is 1. The zero-order valence-corrected chi connectivity index (χ0v) is 17.1.